The summed E-state index contributed by atoms with van der Waals surface area (Å²) >= 11 is 0. The standard InChI is InChI=1S/C20H23N5O/c1-13(2)14(3)24-11-15-6-4-7-18(17(15)12-24)23-20(26)16-10-22-25-9-5-8-21-19(16)25/h4-10,13-14H,11-12H2,1-3H3,(H,23,26)/t14-/m0/s1. The number of rotatable bonds is 4. The van der Waals surface area contributed by atoms with Crippen LogP contribution in [0.25, 0.3) is 5.65 Å². The van der Waals surface area contributed by atoms with Crippen LogP contribution < -0.4 is 5.32 Å². The van der Waals surface area contributed by atoms with Gasteiger partial charge in [-0.25, -0.2) is 9.50 Å². The van der Waals surface area contributed by atoms with E-state index in [1.807, 2.05) is 12.1 Å². The van der Waals surface area contributed by atoms with E-state index in [9.17, 15) is 4.79 Å². The number of nitrogens with zero attached hydrogens (tertiary/aromatic N) is 4. The minimum Gasteiger partial charge on any atom is -0.322 e. The lowest BCUT2D eigenvalue weighted by atomic mass is 10.1. The predicted molar refractivity (Wildman–Crippen MR) is 101 cm³/mol. The Morgan fingerprint density at radius 3 is 2.85 bits per heavy atom. The van der Waals surface area contributed by atoms with Gasteiger partial charge in [0.05, 0.1) is 6.20 Å². The molecule has 0 spiro atoms. The van der Waals surface area contributed by atoms with Crippen molar-refractivity contribution in [1.29, 1.82) is 0 Å². The molecule has 134 valence electrons. The van der Waals surface area contributed by atoms with Crippen LogP contribution in [0.4, 0.5) is 5.69 Å². The van der Waals surface area contributed by atoms with Crippen LogP contribution in [0.15, 0.2) is 42.9 Å². The maximum Gasteiger partial charge on any atom is 0.261 e. The van der Waals surface area contributed by atoms with Crippen LogP contribution in [-0.4, -0.2) is 31.4 Å². The summed E-state index contributed by atoms with van der Waals surface area (Å²) in [6, 6.07) is 8.41. The highest BCUT2D eigenvalue weighted by atomic mass is 16.1. The monoisotopic (exact) mass is 349 g/mol. The van der Waals surface area contributed by atoms with E-state index in [4.69, 9.17) is 0 Å². The number of carbonyl (C=O) groups excluding carboxylic acids is 1. The molecule has 26 heavy (non-hydrogen) atoms. The van der Waals surface area contributed by atoms with E-state index in [-0.39, 0.29) is 5.91 Å². The van der Waals surface area contributed by atoms with E-state index < -0.39 is 0 Å². The molecular formula is C20H23N5O. The number of hydrogen-bond donors (Lipinski definition) is 1. The van der Waals surface area contributed by atoms with Crippen molar-refractivity contribution < 1.29 is 4.79 Å². The highest BCUT2D eigenvalue weighted by Crippen LogP contribution is 2.32. The van der Waals surface area contributed by atoms with Crippen molar-refractivity contribution in [2.45, 2.75) is 39.9 Å². The SMILES string of the molecule is CC(C)[C@H](C)N1Cc2cccc(NC(=O)c3cnn4cccnc34)c2C1. The molecule has 1 amide bonds. The summed E-state index contributed by atoms with van der Waals surface area (Å²) in [6.45, 7) is 8.54. The van der Waals surface area contributed by atoms with Crippen LogP contribution in [0.2, 0.25) is 0 Å². The van der Waals surface area contributed by atoms with Gasteiger partial charge in [-0.05, 0) is 36.1 Å². The molecule has 0 saturated heterocycles. The largest absolute Gasteiger partial charge is 0.322 e. The summed E-state index contributed by atoms with van der Waals surface area (Å²) in [7, 11) is 0. The van der Waals surface area contributed by atoms with Crippen LogP contribution in [-0.2, 0) is 13.1 Å². The fourth-order valence-corrected chi connectivity index (χ4v) is 3.45. The molecule has 0 fully saturated rings. The highest BCUT2D eigenvalue weighted by Gasteiger charge is 2.27. The smallest absolute Gasteiger partial charge is 0.261 e. The Morgan fingerprint density at radius 2 is 2.04 bits per heavy atom. The maximum atomic E-state index is 12.8. The third-order valence-electron chi connectivity index (χ3n) is 5.32. The van der Waals surface area contributed by atoms with E-state index in [1.165, 1.54) is 11.1 Å². The molecule has 1 N–H and O–H groups in total. The number of amides is 1. The first-order chi connectivity index (χ1) is 12.5. The lowest BCUT2D eigenvalue weighted by Crippen LogP contribution is -2.32. The number of anilines is 1. The number of fused-ring (bicyclic) bond motifs is 2. The summed E-state index contributed by atoms with van der Waals surface area (Å²) in [6.07, 6.45) is 5.01. The zero-order valence-electron chi connectivity index (χ0n) is 15.3. The van der Waals surface area contributed by atoms with Crippen LogP contribution in [0.5, 0.6) is 0 Å². The quantitative estimate of drug-likeness (QED) is 0.785. The maximum absolute atomic E-state index is 12.8. The molecule has 4 rings (SSSR count). The normalized spacial score (nSPS) is 15.4. The number of aromatic nitrogens is 3. The first-order valence-corrected chi connectivity index (χ1v) is 8.99. The fraction of sp³-hybridized carbons (Fsp3) is 0.350. The van der Waals surface area contributed by atoms with Gasteiger partial charge in [-0.2, -0.15) is 5.10 Å². The van der Waals surface area contributed by atoms with E-state index in [0.29, 0.717) is 23.2 Å². The Hall–Kier alpha value is -2.73. The average Bonchev–Trinajstić information content (AvgIpc) is 3.25. The molecule has 3 aromatic rings. The number of nitrogens with one attached hydrogen (secondary N) is 1. The highest BCUT2D eigenvalue weighted by molar-refractivity contribution is 6.08. The third kappa shape index (κ3) is 2.86. The molecular weight excluding hydrogens is 326 g/mol. The predicted octanol–water partition coefficient (Wildman–Crippen LogP) is 3.34. The fourth-order valence-electron chi connectivity index (χ4n) is 3.45. The van der Waals surface area contributed by atoms with Crippen molar-refractivity contribution in [3.8, 4) is 0 Å². The van der Waals surface area contributed by atoms with E-state index in [1.54, 1.807) is 29.2 Å². The van der Waals surface area contributed by atoms with Crippen LogP contribution in [0.1, 0.15) is 42.3 Å². The van der Waals surface area contributed by atoms with Gasteiger partial charge in [-0.1, -0.05) is 26.0 Å². The molecule has 0 radical (unpaired) electrons. The van der Waals surface area contributed by atoms with Gasteiger partial charge in [0.1, 0.15) is 5.56 Å². The second-order valence-electron chi connectivity index (χ2n) is 7.23. The van der Waals surface area contributed by atoms with Gasteiger partial charge in [-0.3, -0.25) is 9.69 Å². The molecule has 1 aliphatic heterocycles. The van der Waals surface area contributed by atoms with Crippen LogP contribution in [0, 0.1) is 5.92 Å². The molecule has 6 heteroatoms. The lowest BCUT2D eigenvalue weighted by molar-refractivity contribution is 0.102. The molecule has 0 aliphatic carbocycles. The van der Waals surface area contributed by atoms with Gasteiger partial charge in [0, 0.05) is 37.2 Å². The summed E-state index contributed by atoms with van der Waals surface area (Å²) < 4.78 is 1.61. The zero-order valence-corrected chi connectivity index (χ0v) is 15.3. The molecule has 2 aromatic heterocycles. The molecule has 0 saturated carbocycles. The Bertz CT molecular complexity index is 962. The topological polar surface area (TPSA) is 62.5 Å². The molecule has 0 bridgehead atoms. The van der Waals surface area contributed by atoms with Gasteiger partial charge >= 0.3 is 0 Å². The Kier molecular flexibility index (Phi) is 4.20. The van der Waals surface area contributed by atoms with E-state index >= 15 is 0 Å². The third-order valence-corrected chi connectivity index (χ3v) is 5.32. The van der Waals surface area contributed by atoms with E-state index in [0.717, 1.165) is 18.8 Å². The first-order valence-electron chi connectivity index (χ1n) is 8.99. The Labute approximate surface area is 152 Å². The number of benzene rings is 1. The van der Waals surface area contributed by atoms with Crippen molar-refractivity contribution in [2.24, 2.45) is 5.92 Å². The van der Waals surface area contributed by atoms with Gasteiger partial charge in [0.2, 0.25) is 0 Å². The second kappa shape index (κ2) is 6.53. The average molecular weight is 349 g/mol. The molecule has 6 nitrogen and oxygen atoms in total. The molecule has 1 atom stereocenters. The molecule has 1 aliphatic rings. The molecule has 1 aromatic carbocycles. The second-order valence-corrected chi connectivity index (χ2v) is 7.23. The van der Waals surface area contributed by atoms with Crippen molar-refractivity contribution in [3.05, 3.63) is 59.5 Å². The van der Waals surface area contributed by atoms with Gasteiger partial charge < -0.3 is 5.32 Å². The minimum absolute atomic E-state index is 0.178. The summed E-state index contributed by atoms with van der Waals surface area (Å²) in [4.78, 5) is 19.5. The number of carbonyl (C=O) groups is 1. The zero-order chi connectivity index (χ0) is 18.3. The van der Waals surface area contributed by atoms with E-state index in [2.05, 4.69) is 47.1 Å². The van der Waals surface area contributed by atoms with Gasteiger partial charge in [0.15, 0.2) is 5.65 Å². The van der Waals surface area contributed by atoms with Gasteiger partial charge in [-0.15, -0.1) is 0 Å². The lowest BCUT2D eigenvalue weighted by Gasteiger charge is -2.27. The molecule has 0 unspecified atom stereocenters. The summed E-state index contributed by atoms with van der Waals surface area (Å²) in [5.74, 6) is 0.412. The van der Waals surface area contributed by atoms with Crippen LogP contribution >= 0.6 is 0 Å². The first kappa shape index (κ1) is 16.7. The Morgan fingerprint density at radius 1 is 1.19 bits per heavy atom. The summed E-state index contributed by atoms with van der Waals surface area (Å²) in [5.41, 5.74) is 4.41. The minimum atomic E-state index is -0.178. The summed E-state index contributed by atoms with van der Waals surface area (Å²) in [5, 5.41) is 7.26. The van der Waals surface area contributed by atoms with Crippen LogP contribution in [0.3, 0.4) is 0 Å². The Balaban J connectivity index is 1.59. The molecule has 3 heterocycles. The van der Waals surface area contributed by atoms with Gasteiger partial charge in [0.25, 0.3) is 5.91 Å². The van der Waals surface area contributed by atoms with Crippen molar-refractivity contribution in [1.82, 2.24) is 19.5 Å². The van der Waals surface area contributed by atoms with Crippen molar-refractivity contribution in [3.63, 3.8) is 0 Å². The van der Waals surface area contributed by atoms with Crippen molar-refractivity contribution >= 4 is 17.2 Å². The number of hydrogen-bond acceptors (Lipinski definition) is 4. The van der Waals surface area contributed by atoms with Crippen molar-refractivity contribution in [2.75, 3.05) is 5.32 Å².